The summed E-state index contributed by atoms with van der Waals surface area (Å²) in [4.78, 5) is 18.1. The van der Waals surface area contributed by atoms with Crippen molar-refractivity contribution < 1.29 is 4.79 Å². The van der Waals surface area contributed by atoms with E-state index in [0.29, 0.717) is 18.1 Å². The van der Waals surface area contributed by atoms with E-state index in [9.17, 15) is 4.79 Å². The second-order valence-electron chi connectivity index (χ2n) is 10.3. The van der Waals surface area contributed by atoms with E-state index in [1.165, 1.54) is 25.7 Å². The second kappa shape index (κ2) is 9.08. The molecule has 1 aromatic rings. The van der Waals surface area contributed by atoms with Gasteiger partial charge < -0.3 is 10.2 Å². The van der Waals surface area contributed by atoms with Gasteiger partial charge in [-0.3, -0.25) is 9.69 Å². The Bertz CT molecular complexity index is 704. The summed E-state index contributed by atoms with van der Waals surface area (Å²) in [7, 11) is 0. The van der Waals surface area contributed by atoms with Gasteiger partial charge >= 0.3 is 0 Å². The largest absolute Gasteiger partial charge is 0.339 e. The number of carbonyl (C=O) groups is 1. The monoisotopic (exact) mass is 433 g/mol. The molecule has 0 unspecified atom stereocenters. The molecule has 0 bridgehead atoms. The number of piperidine rings is 1. The Hall–Kier alpha value is -1.26. The van der Waals surface area contributed by atoms with Gasteiger partial charge in [0, 0.05) is 24.3 Å². The molecule has 2 aliphatic heterocycles. The van der Waals surface area contributed by atoms with Gasteiger partial charge in [0.25, 0.3) is 0 Å². The molecule has 1 saturated carbocycles. The normalized spacial score (nSPS) is 29.3. The first-order valence-electron chi connectivity index (χ1n) is 11.7. The van der Waals surface area contributed by atoms with Gasteiger partial charge in [-0.15, -0.1) is 12.4 Å². The lowest BCUT2D eigenvalue weighted by Gasteiger charge is -2.55. The van der Waals surface area contributed by atoms with E-state index in [0.717, 1.165) is 43.5 Å². The Morgan fingerprint density at radius 3 is 2.10 bits per heavy atom. The number of benzene rings is 1. The summed E-state index contributed by atoms with van der Waals surface area (Å²) in [6.07, 6.45) is 7.19. The van der Waals surface area contributed by atoms with Crippen molar-refractivity contribution in [3.63, 3.8) is 0 Å². The molecule has 3 aliphatic rings. The van der Waals surface area contributed by atoms with E-state index < -0.39 is 0 Å². The van der Waals surface area contributed by atoms with Crippen LogP contribution in [-0.4, -0.2) is 41.6 Å². The minimum atomic E-state index is -0.370. The summed E-state index contributed by atoms with van der Waals surface area (Å²) < 4.78 is 0. The molecule has 0 atom stereocenters. The van der Waals surface area contributed by atoms with E-state index in [2.05, 4.69) is 67.1 Å². The van der Waals surface area contributed by atoms with Crippen molar-refractivity contribution in [2.45, 2.75) is 77.3 Å². The average molecular weight is 434 g/mol. The minimum Gasteiger partial charge on any atom is -0.339 e. The highest BCUT2D eigenvalue weighted by molar-refractivity contribution is 5.93. The molecule has 30 heavy (non-hydrogen) atoms. The Balaban J connectivity index is 0.00000256. The van der Waals surface area contributed by atoms with Crippen LogP contribution >= 0.6 is 12.4 Å². The molecule has 2 saturated heterocycles. The minimum absolute atomic E-state index is 0. The zero-order valence-corrected chi connectivity index (χ0v) is 20.0. The maximum atomic E-state index is 13.0. The number of amides is 1. The molecule has 1 aromatic carbocycles. The first kappa shape index (κ1) is 23.4. The van der Waals surface area contributed by atoms with Crippen LogP contribution in [0.4, 0.5) is 5.69 Å². The van der Waals surface area contributed by atoms with Gasteiger partial charge in [-0.1, -0.05) is 45.9 Å². The summed E-state index contributed by atoms with van der Waals surface area (Å²) in [6.45, 7) is 12.3. The van der Waals surface area contributed by atoms with Crippen molar-refractivity contribution in [3.05, 3.63) is 30.3 Å². The summed E-state index contributed by atoms with van der Waals surface area (Å²) in [5, 5.41) is 3.14. The third-order valence-corrected chi connectivity index (χ3v) is 8.54. The van der Waals surface area contributed by atoms with Crippen LogP contribution in [0.5, 0.6) is 0 Å². The van der Waals surface area contributed by atoms with Crippen molar-refractivity contribution in [1.82, 2.24) is 10.2 Å². The molecule has 1 N–H and O–H groups in total. The van der Waals surface area contributed by atoms with E-state index in [1.54, 1.807) is 0 Å². The van der Waals surface area contributed by atoms with Gasteiger partial charge in [0.05, 0.1) is 6.67 Å². The number of hydrogen-bond acceptors (Lipinski definition) is 3. The lowest BCUT2D eigenvalue weighted by Crippen LogP contribution is -2.63. The third-order valence-electron chi connectivity index (χ3n) is 8.54. The maximum Gasteiger partial charge on any atom is 0.247 e. The number of nitrogens with one attached hydrogen (secondary N) is 1. The smallest absolute Gasteiger partial charge is 0.247 e. The summed E-state index contributed by atoms with van der Waals surface area (Å²) in [6, 6.07) is 10.5. The molecule has 168 valence electrons. The van der Waals surface area contributed by atoms with Crippen molar-refractivity contribution in [1.29, 1.82) is 0 Å². The standard InChI is InChI=1S/C25H39N3O.ClH/c1-19(2)21-10-12-24(13-11-21,20(3)4)27-16-14-25(15-17-27)23(29)26-18-28(25)22-8-6-5-7-9-22;/h5-9,19-21H,10-18H2,1-4H3,(H,26,29);1H. The number of likely N-dealkylation sites (tertiary alicyclic amines) is 1. The molecule has 1 aliphatic carbocycles. The van der Waals surface area contributed by atoms with Gasteiger partial charge in [0.1, 0.15) is 5.54 Å². The topological polar surface area (TPSA) is 35.6 Å². The number of hydrogen-bond donors (Lipinski definition) is 1. The zero-order valence-electron chi connectivity index (χ0n) is 19.2. The molecule has 0 aromatic heterocycles. The molecule has 1 spiro atoms. The summed E-state index contributed by atoms with van der Waals surface area (Å²) in [5.74, 6) is 2.56. The molecule has 0 radical (unpaired) electrons. The molecule has 5 heteroatoms. The van der Waals surface area contributed by atoms with E-state index in [1.807, 2.05) is 6.07 Å². The maximum absolute atomic E-state index is 13.0. The molecular formula is C25H40ClN3O. The van der Waals surface area contributed by atoms with Crippen LogP contribution in [0.25, 0.3) is 0 Å². The van der Waals surface area contributed by atoms with Crippen molar-refractivity contribution in [3.8, 4) is 0 Å². The summed E-state index contributed by atoms with van der Waals surface area (Å²) in [5.41, 5.74) is 1.11. The van der Waals surface area contributed by atoms with Crippen LogP contribution in [0.15, 0.2) is 30.3 Å². The highest BCUT2D eigenvalue weighted by Crippen LogP contribution is 2.46. The number of para-hydroxylation sites is 1. The number of halogens is 1. The molecular weight excluding hydrogens is 394 g/mol. The fourth-order valence-corrected chi connectivity index (χ4v) is 6.42. The molecule has 2 heterocycles. The van der Waals surface area contributed by atoms with Gasteiger partial charge in [-0.2, -0.15) is 0 Å². The van der Waals surface area contributed by atoms with Crippen LogP contribution in [0.1, 0.15) is 66.2 Å². The number of nitrogens with zero attached hydrogens (tertiary/aromatic N) is 2. The Morgan fingerprint density at radius 2 is 1.57 bits per heavy atom. The van der Waals surface area contributed by atoms with Crippen molar-refractivity contribution in [2.75, 3.05) is 24.7 Å². The van der Waals surface area contributed by atoms with Crippen LogP contribution in [0, 0.1) is 17.8 Å². The van der Waals surface area contributed by atoms with Crippen LogP contribution in [0.3, 0.4) is 0 Å². The van der Waals surface area contributed by atoms with Gasteiger partial charge in [0.2, 0.25) is 5.91 Å². The Labute approximate surface area is 189 Å². The van der Waals surface area contributed by atoms with Crippen LogP contribution in [-0.2, 0) is 4.79 Å². The van der Waals surface area contributed by atoms with Crippen LogP contribution in [0.2, 0.25) is 0 Å². The first-order chi connectivity index (χ1) is 13.9. The fraction of sp³-hybridized carbons (Fsp3) is 0.720. The molecule has 4 rings (SSSR count). The quantitative estimate of drug-likeness (QED) is 0.719. The fourth-order valence-electron chi connectivity index (χ4n) is 6.42. The van der Waals surface area contributed by atoms with Crippen molar-refractivity contribution in [2.24, 2.45) is 17.8 Å². The van der Waals surface area contributed by atoms with Crippen LogP contribution < -0.4 is 10.2 Å². The lowest BCUT2D eigenvalue weighted by molar-refractivity contribution is -0.126. The molecule has 4 nitrogen and oxygen atoms in total. The van der Waals surface area contributed by atoms with Gasteiger partial charge in [0.15, 0.2) is 0 Å². The number of carbonyl (C=O) groups excluding carboxylic acids is 1. The highest BCUT2D eigenvalue weighted by atomic mass is 35.5. The van der Waals surface area contributed by atoms with E-state index in [-0.39, 0.29) is 23.9 Å². The Kier molecular flexibility index (Phi) is 7.08. The SMILES string of the molecule is CC(C)C1CCC(C(C)C)(N2CCC3(CC2)C(=O)NCN3c2ccccc2)CC1.Cl. The van der Waals surface area contributed by atoms with Gasteiger partial charge in [-0.05, 0) is 68.4 Å². The third kappa shape index (κ3) is 3.86. The molecule has 1 amide bonds. The second-order valence-corrected chi connectivity index (χ2v) is 10.3. The van der Waals surface area contributed by atoms with Gasteiger partial charge in [-0.25, -0.2) is 0 Å². The van der Waals surface area contributed by atoms with Crippen molar-refractivity contribution >= 4 is 24.0 Å². The highest BCUT2D eigenvalue weighted by Gasteiger charge is 2.53. The Morgan fingerprint density at radius 1 is 0.967 bits per heavy atom. The first-order valence-corrected chi connectivity index (χ1v) is 11.7. The zero-order chi connectivity index (χ0) is 20.6. The van der Waals surface area contributed by atoms with E-state index >= 15 is 0 Å². The average Bonchev–Trinajstić information content (AvgIpc) is 3.04. The number of rotatable bonds is 4. The lowest BCUT2D eigenvalue weighted by atomic mass is 9.66. The van der Waals surface area contributed by atoms with E-state index in [4.69, 9.17) is 0 Å². The predicted molar refractivity (Wildman–Crippen MR) is 127 cm³/mol. The summed E-state index contributed by atoms with van der Waals surface area (Å²) >= 11 is 0. The predicted octanol–water partition coefficient (Wildman–Crippen LogP) is 5.08. The number of anilines is 1. The molecule has 3 fully saturated rings.